The standard InChI is InChI=1S/C9H9ClN2O/c1-2-12-5-6-3-8(10)11-4-7(6)9(12)13/h3-4H,2,5H2,1H3. The average molecular weight is 197 g/mol. The lowest BCUT2D eigenvalue weighted by Gasteiger charge is -2.10. The predicted molar refractivity (Wildman–Crippen MR) is 49.7 cm³/mol. The maximum atomic E-state index is 11.6. The summed E-state index contributed by atoms with van der Waals surface area (Å²) < 4.78 is 0. The van der Waals surface area contributed by atoms with Gasteiger partial charge in [0.15, 0.2) is 0 Å². The van der Waals surface area contributed by atoms with Crippen molar-refractivity contribution in [1.82, 2.24) is 9.88 Å². The normalized spacial score (nSPS) is 14.9. The third-order valence-electron chi connectivity index (χ3n) is 2.22. The molecule has 2 heterocycles. The molecule has 1 amide bonds. The van der Waals surface area contributed by atoms with Gasteiger partial charge in [0.25, 0.3) is 5.91 Å². The predicted octanol–water partition coefficient (Wildman–Crippen LogP) is 1.71. The Balaban J connectivity index is 2.44. The van der Waals surface area contributed by atoms with Gasteiger partial charge in [-0.15, -0.1) is 0 Å². The number of carbonyl (C=O) groups excluding carboxylic acids is 1. The number of pyridine rings is 1. The van der Waals surface area contributed by atoms with Crippen LogP contribution in [0.4, 0.5) is 0 Å². The highest BCUT2D eigenvalue weighted by atomic mass is 35.5. The van der Waals surface area contributed by atoms with Crippen LogP contribution in [-0.4, -0.2) is 22.3 Å². The molecule has 0 radical (unpaired) electrons. The molecular weight excluding hydrogens is 188 g/mol. The number of hydrogen-bond donors (Lipinski definition) is 0. The third kappa shape index (κ3) is 1.29. The van der Waals surface area contributed by atoms with E-state index in [0.29, 0.717) is 17.3 Å². The molecule has 0 aromatic carbocycles. The number of halogens is 1. The maximum Gasteiger partial charge on any atom is 0.256 e. The molecule has 68 valence electrons. The van der Waals surface area contributed by atoms with Crippen molar-refractivity contribution in [2.24, 2.45) is 0 Å². The molecule has 0 atom stereocenters. The highest BCUT2D eigenvalue weighted by molar-refractivity contribution is 6.29. The van der Waals surface area contributed by atoms with Gasteiger partial charge in [-0.2, -0.15) is 0 Å². The molecule has 0 bridgehead atoms. The summed E-state index contributed by atoms with van der Waals surface area (Å²) >= 11 is 5.72. The zero-order valence-electron chi connectivity index (χ0n) is 7.25. The molecule has 2 rings (SSSR count). The summed E-state index contributed by atoms with van der Waals surface area (Å²) in [5.41, 5.74) is 1.66. The van der Waals surface area contributed by atoms with E-state index in [2.05, 4.69) is 4.98 Å². The first-order valence-corrected chi connectivity index (χ1v) is 4.54. The highest BCUT2D eigenvalue weighted by Crippen LogP contribution is 2.23. The Kier molecular flexibility index (Phi) is 1.96. The molecule has 13 heavy (non-hydrogen) atoms. The van der Waals surface area contributed by atoms with E-state index in [0.717, 1.165) is 12.1 Å². The first-order valence-electron chi connectivity index (χ1n) is 4.16. The molecule has 1 aliphatic heterocycles. The molecule has 0 N–H and O–H groups in total. The molecule has 0 unspecified atom stereocenters. The molecule has 1 aromatic heterocycles. The Morgan fingerprint density at radius 1 is 1.69 bits per heavy atom. The number of carbonyl (C=O) groups is 1. The Bertz CT molecular complexity index is 365. The van der Waals surface area contributed by atoms with Gasteiger partial charge in [-0.3, -0.25) is 4.79 Å². The summed E-state index contributed by atoms with van der Waals surface area (Å²) in [5, 5.41) is 0.449. The highest BCUT2D eigenvalue weighted by Gasteiger charge is 2.26. The first kappa shape index (κ1) is 8.51. The zero-order chi connectivity index (χ0) is 9.42. The molecule has 4 heteroatoms. The van der Waals surface area contributed by atoms with Gasteiger partial charge in [0.05, 0.1) is 5.56 Å². The van der Waals surface area contributed by atoms with E-state index < -0.39 is 0 Å². The summed E-state index contributed by atoms with van der Waals surface area (Å²) in [6, 6.07) is 1.75. The second-order valence-corrected chi connectivity index (χ2v) is 3.37. The van der Waals surface area contributed by atoms with Crippen molar-refractivity contribution >= 4 is 17.5 Å². The lowest BCUT2D eigenvalue weighted by molar-refractivity contribution is 0.0787. The first-order chi connectivity index (χ1) is 6.22. The minimum absolute atomic E-state index is 0.0571. The Morgan fingerprint density at radius 3 is 3.15 bits per heavy atom. The van der Waals surface area contributed by atoms with Crippen molar-refractivity contribution < 1.29 is 4.79 Å². The van der Waals surface area contributed by atoms with Crippen molar-refractivity contribution in [3.8, 4) is 0 Å². The molecule has 0 fully saturated rings. The van der Waals surface area contributed by atoms with Crippen molar-refractivity contribution in [3.05, 3.63) is 28.5 Å². The Hall–Kier alpha value is -1.09. The number of rotatable bonds is 1. The minimum atomic E-state index is 0.0571. The van der Waals surface area contributed by atoms with E-state index in [-0.39, 0.29) is 5.91 Å². The zero-order valence-corrected chi connectivity index (χ0v) is 8.01. The van der Waals surface area contributed by atoms with E-state index in [1.54, 1.807) is 17.2 Å². The van der Waals surface area contributed by atoms with Crippen molar-refractivity contribution in [2.45, 2.75) is 13.5 Å². The van der Waals surface area contributed by atoms with Gasteiger partial charge >= 0.3 is 0 Å². The van der Waals surface area contributed by atoms with Crippen LogP contribution in [0.25, 0.3) is 0 Å². The van der Waals surface area contributed by atoms with Crippen LogP contribution in [-0.2, 0) is 6.54 Å². The van der Waals surface area contributed by atoms with E-state index >= 15 is 0 Å². The van der Waals surface area contributed by atoms with Crippen LogP contribution in [0.2, 0.25) is 5.15 Å². The molecule has 3 nitrogen and oxygen atoms in total. The molecule has 1 aliphatic rings. The molecular formula is C9H9ClN2O. The number of fused-ring (bicyclic) bond motifs is 1. The van der Waals surface area contributed by atoms with E-state index in [4.69, 9.17) is 11.6 Å². The van der Waals surface area contributed by atoms with Crippen LogP contribution < -0.4 is 0 Å². The van der Waals surface area contributed by atoms with Crippen molar-refractivity contribution in [3.63, 3.8) is 0 Å². The fourth-order valence-corrected chi connectivity index (χ4v) is 1.67. The average Bonchev–Trinajstić information content (AvgIpc) is 2.42. The fraction of sp³-hybridized carbons (Fsp3) is 0.333. The van der Waals surface area contributed by atoms with E-state index in [1.165, 1.54) is 0 Å². The lowest BCUT2D eigenvalue weighted by Crippen LogP contribution is -2.22. The van der Waals surface area contributed by atoms with Crippen molar-refractivity contribution in [2.75, 3.05) is 6.54 Å². The fourth-order valence-electron chi connectivity index (χ4n) is 1.49. The largest absolute Gasteiger partial charge is 0.335 e. The summed E-state index contributed by atoms with van der Waals surface area (Å²) in [6.45, 7) is 3.34. The molecule has 0 saturated carbocycles. The SMILES string of the molecule is CCN1Cc2cc(Cl)ncc2C1=O. The Labute approximate surface area is 81.3 Å². The number of aromatic nitrogens is 1. The van der Waals surface area contributed by atoms with Crippen LogP contribution in [0, 0.1) is 0 Å². The van der Waals surface area contributed by atoms with E-state index in [1.807, 2.05) is 6.92 Å². The number of hydrogen-bond acceptors (Lipinski definition) is 2. The van der Waals surface area contributed by atoms with Crippen LogP contribution in [0.15, 0.2) is 12.3 Å². The van der Waals surface area contributed by atoms with Gasteiger partial charge in [0.2, 0.25) is 0 Å². The van der Waals surface area contributed by atoms with Crippen LogP contribution >= 0.6 is 11.6 Å². The summed E-state index contributed by atoms with van der Waals surface area (Å²) in [6.07, 6.45) is 1.55. The van der Waals surface area contributed by atoms with Gasteiger partial charge in [-0.05, 0) is 18.6 Å². The molecule has 0 spiro atoms. The second kappa shape index (κ2) is 3.00. The maximum absolute atomic E-state index is 11.6. The Morgan fingerprint density at radius 2 is 2.46 bits per heavy atom. The van der Waals surface area contributed by atoms with Gasteiger partial charge in [0.1, 0.15) is 5.15 Å². The number of nitrogens with zero attached hydrogens (tertiary/aromatic N) is 2. The minimum Gasteiger partial charge on any atom is -0.335 e. The van der Waals surface area contributed by atoms with Crippen LogP contribution in [0.1, 0.15) is 22.8 Å². The molecule has 1 aromatic rings. The second-order valence-electron chi connectivity index (χ2n) is 2.98. The summed E-state index contributed by atoms with van der Waals surface area (Å²) in [7, 11) is 0. The van der Waals surface area contributed by atoms with Gasteiger partial charge in [-0.25, -0.2) is 4.98 Å². The molecule has 0 saturated heterocycles. The van der Waals surface area contributed by atoms with E-state index in [9.17, 15) is 4.79 Å². The van der Waals surface area contributed by atoms with Crippen LogP contribution in [0.3, 0.4) is 0 Å². The summed E-state index contributed by atoms with van der Waals surface area (Å²) in [4.78, 5) is 17.2. The van der Waals surface area contributed by atoms with Gasteiger partial charge in [0, 0.05) is 19.3 Å². The van der Waals surface area contributed by atoms with Crippen LogP contribution in [0.5, 0.6) is 0 Å². The lowest BCUT2D eigenvalue weighted by atomic mass is 10.2. The monoisotopic (exact) mass is 196 g/mol. The topological polar surface area (TPSA) is 33.2 Å². The van der Waals surface area contributed by atoms with Gasteiger partial charge in [-0.1, -0.05) is 11.6 Å². The third-order valence-corrected chi connectivity index (χ3v) is 2.42. The van der Waals surface area contributed by atoms with Crippen molar-refractivity contribution in [1.29, 1.82) is 0 Å². The quantitative estimate of drug-likeness (QED) is 0.641. The van der Waals surface area contributed by atoms with Gasteiger partial charge < -0.3 is 4.90 Å². The smallest absolute Gasteiger partial charge is 0.256 e. The molecule has 0 aliphatic carbocycles. The number of amides is 1. The summed E-state index contributed by atoms with van der Waals surface area (Å²) in [5.74, 6) is 0.0571.